The maximum Gasteiger partial charge on any atom is 0.166 e. The average molecular weight is 414 g/mol. The van der Waals surface area contributed by atoms with Gasteiger partial charge >= 0.3 is 0 Å². The number of nitrogens with zero attached hydrogens (tertiary/aromatic N) is 7. The van der Waals surface area contributed by atoms with Gasteiger partial charge in [0.2, 0.25) is 0 Å². The van der Waals surface area contributed by atoms with Gasteiger partial charge < -0.3 is 15.0 Å². The normalized spacial score (nSPS) is 18.0. The zero-order chi connectivity index (χ0) is 20.8. The van der Waals surface area contributed by atoms with Crippen molar-refractivity contribution in [3.63, 3.8) is 0 Å². The number of rotatable bonds is 1. The summed E-state index contributed by atoms with van der Waals surface area (Å²) in [6, 6.07) is 5.89. The van der Waals surface area contributed by atoms with Gasteiger partial charge in [0.15, 0.2) is 11.6 Å². The van der Waals surface area contributed by atoms with E-state index in [4.69, 9.17) is 9.84 Å². The minimum Gasteiger partial charge on any atom is -0.493 e. The van der Waals surface area contributed by atoms with Crippen LogP contribution in [0.25, 0.3) is 22.3 Å². The van der Waals surface area contributed by atoms with E-state index in [0.717, 1.165) is 53.4 Å². The minimum atomic E-state index is 0.162. The molecule has 4 bridgehead atoms. The SMILES string of the molecule is CC1CCOc2ccncc2-c2nccc(n2)Nc2cc3c(cn2)c(N2CCC2)nn31. The second-order valence-corrected chi connectivity index (χ2v) is 7.94. The highest BCUT2D eigenvalue weighted by molar-refractivity contribution is 5.92. The molecule has 1 atom stereocenters. The molecular weight excluding hydrogens is 392 g/mol. The van der Waals surface area contributed by atoms with Gasteiger partial charge in [0, 0.05) is 50.4 Å². The second-order valence-electron chi connectivity index (χ2n) is 7.94. The predicted molar refractivity (Wildman–Crippen MR) is 118 cm³/mol. The molecule has 1 fully saturated rings. The van der Waals surface area contributed by atoms with Gasteiger partial charge in [-0.05, 0) is 25.5 Å². The minimum absolute atomic E-state index is 0.162. The fourth-order valence-electron chi connectivity index (χ4n) is 4.01. The van der Waals surface area contributed by atoms with Gasteiger partial charge in [-0.3, -0.25) is 9.67 Å². The summed E-state index contributed by atoms with van der Waals surface area (Å²) in [6.45, 7) is 4.80. The van der Waals surface area contributed by atoms with Crippen LogP contribution in [0.3, 0.4) is 0 Å². The van der Waals surface area contributed by atoms with Crippen LogP contribution in [0.2, 0.25) is 0 Å². The van der Waals surface area contributed by atoms with E-state index in [2.05, 4.69) is 41.8 Å². The van der Waals surface area contributed by atoms with Gasteiger partial charge in [-0.1, -0.05) is 0 Å². The highest BCUT2D eigenvalue weighted by atomic mass is 16.5. The first kappa shape index (κ1) is 18.1. The van der Waals surface area contributed by atoms with Gasteiger partial charge in [-0.25, -0.2) is 15.0 Å². The van der Waals surface area contributed by atoms with Crippen molar-refractivity contribution in [1.29, 1.82) is 0 Å². The Labute approximate surface area is 179 Å². The number of pyridine rings is 2. The van der Waals surface area contributed by atoms with Crippen LogP contribution in [0, 0.1) is 0 Å². The number of hydrogen-bond donors (Lipinski definition) is 1. The van der Waals surface area contributed by atoms with Crippen LogP contribution < -0.4 is 15.0 Å². The summed E-state index contributed by atoms with van der Waals surface area (Å²) in [5.74, 6) is 3.67. The van der Waals surface area contributed by atoms with E-state index in [1.165, 1.54) is 6.42 Å². The number of hydrogen-bond acceptors (Lipinski definition) is 8. The molecule has 6 heterocycles. The van der Waals surface area contributed by atoms with E-state index in [1.807, 2.05) is 24.4 Å². The van der Waals surface area contributed by atoms with Crippen molar-refractivity contribution in [1.82, 2.24) is 29.7 Å². The van der Waals surface area contributed by atoms with E-state index in [0.29, 0.717) is 18.2 Å². The van der Waals surface area contributed by atoms with Crippen molar-refractivity contribution < 1.29 is 4.74 Å². The molecule has 156 valence electrons. The smallest absolute Gasteiger partial charge is 0.166 e. The number of aromatic nitrogens is 6. The van der Waals surface area contributed by atoms with E-state index in [-0.39, 0.29) is 6.04 Å². The zero-order valence-corrected chi connectivity index (χ0v) is 17.2. The number of nitrogens with one attached hydrogen (secondary N) is 1. The van der Waals surface area contributed by atoms with Crippen LogP contribution in [0.4, 0.5) is 17.5 Å². The largest absolute Gasteiger partial charge is 0.493 e. The Balaban J connectivity index is 1.49. The highest BCUT2D eigenvalue weighted by Crippen LogP contribution is 2.34. The first-order chi connectivity index (χ1) is 15.3. The molecule has 0 aromatic carbocycles. The molecule has 1 saturated heterocycles. The Kier molecular flexibility index (Phi) is 4.19. The molecule has 0 saturated carbocycles. The molecule has 9 heteroatoms. The summed E-state index contributed by atoms with van der Waals surface area (Å²) in [4.78, 5) is 20.3. The van der Waals surface area contributed by atoms with E-state index in [1.54, 1.807) is 18.6 Å². The lowest BCUT2D eigenvalue weighted by Crippen LogP contribution is -2.37. The number of fused-ring (bicyclic) bond motifs is 5. The molecule has 0 radical (unpaired) electrons. The Bertz CT molecular complexity index is 1270. The Morgan fingerprint density at radius 1 is 1.10 bits per heavy atom. The van der Waals surface area contributed by atoms with Crippen LogP contribution in [0.5, 0.6) is 5.75 Å². The third-order valence-electron chi connectivity index (χ3n) is 5.87. The molecule has 9 nitrogen and oxygen atoms in total. The quantitative estimate of drug-likeness (QED) is 0.505. The molecule has 31 heavy (non-hydrogen) atoms. The third kappa shape index (κ3) is 3.13. The molecule has 1 unspecified atom stereocenters. The first-order valence-corrected chi connectivity index (χ1v) is 10.6. The molecule has 0 amide bonds. The fraction of sp³-hybridized carbons (Fsp3) is 0.318. The Morgan fingerprint density at radius 3 is 2.90 bits per heavy atom. The van der Waals surface area contributed by atoms with Crippen molar-refractivity contribution >= 4 is 28.4 Å². The molecule has 6 rings (SSSR count). The summed E-state index contributed by atoms with van der Waals surface area (Å²) in [7, 11) is 0. The molecule has 2 aliphatic heterocycles. The number of anilines is 3. The third-order valence-corrected chi connectivity index (χ3v) is 5.87. The average Bonchev–Trinajstić information content (AvgIpc) is 3.11. The van der Waals surface area contributed by atoms with Crippen molar-refractivity contribution in [3.8, 4) is 17.1 Å². The molecule has 4 aromatic heterocycles. The lowest BCUT2D eigenvalue weighted by atomic mass is 10.2. The van der Waals surface area contributed by atoms with E-state index in [9.17, 15) is 0 Å². The highest BCUT2D eigenvalue weighted by Gasteiger charge is 2.24. The fourth-order valence-corrected chi connectivity index (χ4v) is 4.01. The Morgan fingerprint density at radius 2 is 2.03 bits per heavy atom. The van der Waals surface area contributed by atoms with Crippen LogP contribution in [0.15, 0.2) is 43.0 Å². The monoisotopic (exact) mass is 414 g/mol. The number of ether oxygens (including phenoxy) is 1. The van der Waals surface area contributed by atoms with Crippen LogP contribution >= 0.6 is 0 Å². The topological polar surface area (TPSA) is 93.9 Å². The lowest BCUT2D eigenvalue weighted by molar-refractivity contribution is 0.280. The maximum atomic E-state index is 6.13. The van der Waals surface area contributed by atoms with Crippen molar-refractivity contribution in [2.45, 2.75) is 25.8 Å². The Hall–Kier alpha value is -3.75. The van der Waals surface area contributed by atoms with Gasteiger partial charge in [-0.2, -0.15) is 5.10 Å². The second kappa shape index (κ2) is 7.19. The van der Waals surface area contributed by atoms with Gasteiger partial charge in [0.1, 0.15) is 17.4 Å². The van der Waals surface area contributed by atoms with Gasteiger partial charge in [-0.15, -0.1) is 0 Å². The summed E-state index contributed by atoms with van der Waals surface area (Å²) < 4.78 is 8.23. The molecule has 0 aliphatic carbocycles. The van der Waals surface area contributed by atoms with Gasteiger partial charge in [0.25, 0.3) is 0 Å². The van der Waals surface area contributed by atoms with Crippen LogP contribution in [0.1, 0.15) is 25.8 Å². The summed E-state index contributed by atoms with van der Waals surface area (Å²) in [5, 5.41) is 9.37. The van der Waals surface area contributed by atoms with Crippen molar-refractivity contribution in [2.75, 3.05) is 29.9 Å². The van der Waals surface area contributed by atoms with Crippen molar-refractivity contribution in [2.24, 2.45) is 0 Å². The first-order valence-electron chi connectivity index (χ1n) is 10.6. The molecule has 0 spiro atoms. The lowest BCUT2D eigenvalue weighted by Gasteiger charge is -2.31. The predicted octanol–water partition coefficient (Wildman–Crippen LogP) is 3.58. The molecule has 4 aromatic rings. The van der Waals surface area contributed by atoms with E-state index >= 15 is 0 Å². The summed E-state index contributed by atoms with van der Waals surface area (Å²) in [6.07, 6.45) is 9.10. The standard InChI is InChI=1S/C22H22N8O/c1-14-5-10-31-18-3-6-23-12-16(18)21-24-7-4-19(27-21)26-20-11-17-15(13-25-20)22(28-30(14)17)29-8-2-9-29/h3-4,6-7,11-14H,2,5,8-10H2,1H3,(H,24,25,26,27). The van der Waals surface area contributed by atoms with E-state index < -0.39 is 0 Å². The summed E-state index contributed by atoms with van der Waals surface area (Å²) in [5.41, 5.74) is 1.82. The van der Waals surface area contributed by atoms with Crippen LogP contribution in [-0.2, 0) is 0 Å². The zero-order valence-electron chi connectivity index (χ0n) is 17.2. The van der Waals surface area contributed by atoms with Crippen LogP contribution in [-0.4, -0.2) is 49.4 Å². The molecule has 2 aliphatic rings. The molecular formula is C22H22N8O. The maximum absolute atomic E-state index is 6.13. The molecule has 1 N–H and O–H groups in total. The summed E-state index contributed by atoms with van der Waals surface area (Å²) >= 11 is 0. The van der Waals surface area contributed by atoms with Gasteiger partial charge in [0.05, 0.1) is 29.1 Å². The van der Waals surface area contributed by atoms with Crippen molar-refractivity contribution in [3.05, 3.63) is 43.0 Å².